The minimum atomic E-state index is -0.422. The zero-order chi connectivity index (χ0) is 24.8. The number of hydrogen-bond donors (Lipinski definition) is 3. The van der Waals surface area contributed by atoms with Crippen molar-refractivity contribution < 1.29 is 14.4 Å². The Labute approximate surface area is 207 Å². The first-order valence-corrected chi connectivity index (χ1v) is 12.6. The van der Waals surface area contributed by atoms with Crippen LogP contribution in [-0.4, -0.2) is 47.2 Å². The molecule has 0 aliphatic carbocycles. The molecule has 0 bridgehead atoms. The van der Waals surface area contributed by atoms with Crippen molar-refractivity contribution in [1.29, 1.82) is 0 Å². The third kappa shape index (κ3) is 6.84. The van der Waals surface area contributed by atoms with Crippen molar-refractivity contribution in [2.45, 2.75) is 77.3 Å². The summed E-state index contributed by atoms with van der Waals surface area (Å²) in [6.45, 7) is 6.96. The summed E-state index contributed by atoms with van der Waals surface area (Å²) in [5, 5.41) is 9.32. The Bertz CT molecular complexity index is 1060. The number of amides is 2. The van der Waals surface area contributed by atoms with E-state index in [4.69, 9.17) is 0 Å². The van der Waals surface area contributed by atoms with Gasteiger partial charge in [-0.2, -0.15) is 0 Å². The molecule has 0 aromatic heterocycles. The van der Waals surface area contributed by atoms with E-state index in [2.05, 4.69) is 64.2 Å². The molecule has 2 saturated heterocycles. The number of imide groups is 1. The molecule has 2 heterocycles. The van der Waals surface area contributed by atoms with Crippen LogP contribution < -0.4 is 16.0 Å². The van der Waals surface area contributed by atoms with Crippen LogP contribution >= 0.6 is 0 Å². The van der Waals surface area contributed by atoms with Crippen LogP contribution in [0.25, 0.3) is 0 Å². The van der Waals surface area contributed by atoms with Crippen LogP contribution in [0.2, 0.25) is 0 Å². The highest BCUT2D eigenvalue weighted by Gasteiger charge is 2.27. The summed E-state index contributed by atoms with van der Waals surface area (Å²) in [4.78, 5) is 38.2. The van der Waals surface area contributed by atoms with Crippen molar-refractivity contribution in [2.24, 2.45) is 0 Å². The smallest absolute Gasteiger partial charge is 0.243 e. The molecule has 7 heteroatoms. The number of ketones is 1. The summed E-state index contributed by atoms with van der Waals surface area (Å²) >= 11 is 0. The Balaban J connectivity index is 1.36. The number of hydrogen-bond acceptors (Lipinski definition) is 6. The van der Waals surface area contributed by atoms with Gasteiger partial charge < -0.3 is 10.6 Å². The van der Waals surface area contributed by atoms with Gasteiger partial charge in [-0.3, -0.25) is 24.6 Å². The molecule has 2 fully saturated rings. The Morgan fingerprint density at radius 2 is 1.80 bits per heavy atom. The SMILES string of the molecule is CC(=O)c1ccc(CN[C@@H]2CC[C@@H](C)N(Cc3ccccc3)C2)cc1CNC1CCC(=O)NC1=O. The standard InChI is InChI=1S/C28H36N4O3/c1-19-8-10-24(18-32(19)17-21-6-4-3-5-7-21)29-15-22-9-11-25(20(2)33)23(14-22)16-30-26-12-13-27(34)31-28(26)35/h3-7,9,11,14,19,24,26,29-30H,8,10,12-13,15-18H2,1-2H3,(H,31,34,35)/t19-,24-,26?/m1/s1. The Kier molecular flexibility index (Phi) is 8.44. The maximum Gasteiger partial charge on any atom is 0.243 e. The summed E-state index contributed by atoms with van der Waals surface area (Å²) in [5.41, 5.74) is 4.00. The molecule has 0 spiro atoms. The van der Waals surface area contributed by atoms with Gasteiger partial charge in [0.05, 0.1) is 6.04 Å². The van der Waals surface area contributed by atoms with E-state index < -0.39 is 6.04 Å². The van der Waals surface area contributed by atoms with E-state index in [1.807, 2.05) is 12.1 Å². The van der Waals surface area contributed by atoms with Gasteiger partial charge in [-0.05, 0) is 49.8 Å². The van der Waals surface area contributed by atoms with Crippen molar-refractivity contribution in [3.63, 3.8) is 0 Å². The monoisotopic (exact) mass is 476 g/mol. The fourth-order valence-electron chi connectivity index (χ4n) is 5.01. The summed E-state index contributed by atoms with van der Waals surface area (Å²) < 4.78 is 0. The molecule has 2 aliphatic heterocycles. The highest BCUT2D eigenvalue weighted by Crippen LogP contribution is 2.21. The van der Waals surface area contributed by atoms with E-state index in [1.54, 1.807) is 6.92 Å². The van der Waals surface area contributed by atoms with Crippen LogP contribution in [0, 0.1) is 0 Å². The number of likely N-dealkylation sites (tertiary alicyclic amines) is 1. The van der Waals surface area contributed by atoms with E-state index in [-0.39, 0.29) is 17.6 Å². The van der Waals surface area contributed by atoms with E-state index in [9.17, 15) is 14.4 Å². The average Bonchev–Trinajstić information content (AvgIpc) is 2.84. The third-order valence-electron chi connectivity index (χ3n) is 7.16. The van der Waals surface area contributed by atoms with Crippen LogP contribution in [0.4, 0.5) is 0 Å². The Hall–Kier alpha value is -2.87. The zero-order valence-electron chi connectivity index (χ0n) is 20.7. The van der Waals surface area contributed by atoms with E-state index in [1.165, 1.54) is 5.56 Å². The average molecular weight is 477 g/mol. The first-order valence-electron chi connectivity index (χ1n) is 12.6. The lowest BCUT2D eigenvalue weighted by Gasteiger charge is -2.38. The number of carbonyl (C=O) groups excluding carboxylic acids is 3. The predicted molar refractivity (Wildman–Crippen MR) is 136 cm³/mol. The summed E-state index contributed by atoms with van der Waals surface area (Å²) in [6.07, 6.45) is 3.10. The van der Waals surface area contributed by atoms with Gasteiger partial charge in [-0.1, -0.05) is 48.5 Å². The number of nitrogens with one attached hydrogen (secondary N) is 3. The van der Waals surface area contributed by atoms with E-state index >= 15 is 0 Å². The van der Waals surface area contributed by atoms with Crippen molar-refractivity contribution >= 4 is 17.6 Å². The first kappa shape index (κ1) is 25.2. The molecule has 4 rings (SSSR count). The summed E-state index contributed by atoms with van der Waals surface area (Å²) in [7, 11) is 0. The van der Waals surface area contributed by atoms with Gasteiger partial charge in [0.25, 0.3) is 0 Å². The number of rotatable bonds is 9. The van der Waals surface area contributed by atoms with Crippen molar-refractivity contribution in [3.8, 4) is 0 Å². The molecule has 35 heavy (non-hydrogen) atoms. The zero-order valence-corrected chi connectivity index (χ0v) is 20.7. The maximum atomic E-state index is 12.2. The second kappa shape index (κ2) is 11.7. The molecular formula is C28H36N4O3. The third-order valence-corrected chi connectivity index (χ3v) is 7.16. The Morgan fingerprint density at radius 1 is 1.00 bits per heavy atom. The molecule has 1 unspecified atom stereocenters. The fraction of sp³-hybridized carbons (Fsp3) is 0.464. The van der Waals surface area contributed by atoms with Crippen molar-refractivity contribution in [1.82, 2.24) is 20.9 Å². The number of benzene rings is 2. The molecular weight excluding hydrogens is 440 g/mol. The molecule has 3 atom stereocenters. The summed E-state index contributed by atoms with van der Waals surface area (Å²) in [5.74, 6) is -0.526. The molecule has 186 valence electrons. The molecule has 2 aliphatic rings. The van der Waals surface area contributed by atoms with Gasteiger partial charge in [0.1, 0.15) is 0 Å². The van der Waals surface area contributed by atoms with Crippen LogP contribution in [-0.2, 0) is 29.2 Å². The fourth-order valence-corrected chi connectivity index (χ4v) is 5.01. The van der Waals surface area contributed by atoms with Crippen LogP contribution in [0.3, 0.4) is 0 Å². The number of Topliss-reactive ketones (excluding diaryl/α,β-unsaturated/α-hetero) is 1. The number of piperidine rings is 2. The molecule has 0 saturated carbocycles. The van der Waals surface area contributed by atoms with Gasteiger partial charge in [0.2, 0.25) is 11.8 Å². The normalized spacial score (nSPS) is 23.2. The largest absolute Gasteiger partial charge is 0.309 e. The van der Waals surface area contributed by atoms with Crippen LogP contribution in [0.1, 0.15) is 66.6 Å². The highest BCUT2D eigenvalue weighted by molar-refractivity contribution is 6.00. The van der Waals surface area contributed by atoms with Gasteiger partial charge >= 0.3 is 0 Å². The molecule has 2 aromatic carbocycles. The molecule has 2 amide bonds. The van der Waals surface area contributed by atoms with E-state index in [0.717, 1.165) is 43.6 Å². The van der Waals surface area contributed by atoms with E-state index in [0.29, 0.717) is 37.0 Å². The summed E-state index contributed by atoms with van der Waals surface area (Å²) in [6, 6.07) is 17.1. The minimum absolute atomic E-state index is 0.00223. The highest BCUT2D eigenvalue weighted by atomic mass is 16.2. The quantitative estimate of drug-likeness (QED) is 0.381. The van der Waals surface area contributed by atoms with Crippen LogP contribution in [0.15, 0.2) is 48.5 Å². The van der Waals surface area contributed by atoms with Gasteiger partial charge in [-0.15, -0.1) is 0 Å². The van der Waals surface area contributed by atoms with Crippen molar-refractivity contribution in [2.75, 3.05) is 6.54 Å². The molecule has 2 aromatic rings. The number of nitrogens with zero attached hydrogens (tertiary/aromatic N) is 1. The molecule has 7 nitrogen and oxygen atoms in total. The van der Waals surface area contributed by atoms with Gasteiger partial charge in [0, 0.05) is 50.2 Å². The van der Waals surface area contributed by atoms with Crippen LogP contribution in [0.5, 0.6) is 0 Å². The van der Waals surface area contributed by atoms with Gasteiger partial charge in [0.15, 0.2) is 5.78 Å². The minimum Gasteiger partial charge on any atom is -0.309 e. The predicted octanol–water partition coefficient (Wildman–Crippen LogP) is 2.93. The maximum absolute atomic E-state index is 12.2. The lowest BCUT2D eigenvalue weighted by molar-refractivity contribution is -0.134. The molecule has 0 radical (unpaired) electrons. The van der Waals surface area contributed by atoms with Gasteiger partial charge in [-0.25, -0.2) is 0 Å². The lowest BCUT2D eigenvalue weighted by Crippen LogP contribution is -2.50. The first-order chi connectivity index (χ1) is 16.9. The molecule has 3 N–H and O–H groups in total. The topological polar surface area (TPSA) is 90.5 Å². The Morgan fingerprint density at radius 3 is 2.54 bits per heavy atom. The lowest BCUT2D eigenvalue weighted by atomic mass is 9.97. The van der Waals surface area contributed by atoms with Crippen molar-refractivity contribution in [3.05, 3.63) is 70.8 Å². The number of carbonyl (C=O) groups is 3. The second-order valence-electron chi connectivity index (χ2n) is 9.85. The second-order valence-corrected chi connectivity index (χ2v) is 9.85.